The van der Waals surface area contributed by atoms with Gasteiger partial charge in [-0.3, -0.25) is 9.10 Å². The number of anilines is 1. The number of ether oxygens (including phenoxy) is 1. The van der Waals surface area contributed by atoms with E-state index in [1.807, 2.05) is 6.92 Å². The van der Waals surface area contributed by atoms with Gasteiger partial charge in [0.05, 0.1) is 21.2 Å². The minimum absolute atomic E-state index is 0.0303. The van der Waals surface area contributed by atoms with Crippen LogP contribution < -0.4 is 9.62 Å². The lowest BCUT2D eigenvalue weighted by Crippen LogP contribution is -2.29. The van der Waals surface area contributed by atoms with Crippen LogP contribution in [-0.2, 0) is 19.6 Å². The molecular weight excluding hydrogens is 416 g/mol. The fourth-order valence-electron chi connectivity index (χ4n) is 2.42. The van der Waals surface area contributed by atoms with Gasteiger partial charge in [-0.1, -0.05) is 43.1 Å². The number of carbonyl (C=O) groups is 2. The molecule has 0 heterocycles. The molecule has 0 aliphatic heterocycles. The van der Waals surface area contributed by atoms with Crippen LogP contribution in [0.1, 0.15) is 30.1 Å². The molecule has 1 amide bonds. The Kier molecular flexibility index (Phi) is 8.04. The standard InChI is InChI=1S/C20H23ClN2O5S/c1-3-4-12-22-19(24)14-28-20(25)17-13-16(10-11-18(17)21)29(26,27)23(2)15-8-6-5-7-9-15/h5-11,13H,3-4,12,14H2,1-2H3,(H,22,24). The summed E-state index contributed by atoms with van der Waals surface area (Å²) in [5.74, 6) is -1.31. The fraction of sp³-hybridized carbons (Fsp3) is 0.300. The van der Waals surface area contributed by atoms with Crippen molar-refractivity contribution in [3.63, 3.8) is 0 Å². The quantitative estimate of drug-likeness (QED) is 0.479. The number of hydrogen-bond acceptors (Lipinski definition) is 5. The molecule has 0 aliphatic rings. The van der Waals surface area contributed by atoms with Gasteiger partial charge in [-0.25, -0.2) is 13.2 Å². The molecule has 2 rings (SSSR count). The summed E-state index contributed by atoms with van der Waals surface area (Å²) in [6.07, 6.45) is 1.74. The fourth-order valence-corrected chi connectivity index (χ4v) is 3.84. The number of nitrogens with zero attached hydrogens (tertiary/aromatic N) is 1. The molecule has 0 atom stereocenters. The molecule has 0 aromatic heterocycles. The monoisotopic (exact) mass is 438 g/mol. The maximum Gasteiger partial charge on any atom is 0.340 e. The van der Waals surface area contributed by atoms with E-state index in [1.54, 1.807) is 30.3 Å². The van der Waals surface area contributed by atoms with Crippen molar-refractivity contribution in [3.8, 4) is 0 Å². The first-order valence-corrected chi connectivity index (χ1v) is 10.9. The Morgan fingerprint density at radius 3 is 2.48 bits per heavy atom. The number of nitrogens with one attached hydrogen (secondary N) is 1. The molecule has 0 bridgehead atoms. The minimum atomic E-state index is -3.92. The Balaban J connectivity index is 2.16. The van der Waals surface area contributed by atoms with Gasteiger partial charge in [-0.05, 0) is 36.8 Å². The topological polar surface area (TPSA) is 92.8 Å². The van der Waals surface area contributed by atoms with Crippen LogP contribution >= 0.6 is 11.6 Å². The van der Waals surface area contributed by atoms with Gasteiger partial charge in [-0.2, -0.15) is 0 Å². The molecule has 2 aromatic rings. The van der Waals surface area contributed by atoms with Crippen molar-refractivity contribution in [1.82, 2.24) is 5.32 Å². The first-order valence-electron chi connectivity index (χ1n) is 9.04. The first-order chi connectivity index (χ1) is 13.8. The van der Waals surface area contributed by atoms with Crippen LogP contribution in [0.5, 0.6) is 0 Å². The summed E-state index contributed by atoms with van der Waals surface area (Å²) in [5.41, 5.74) is 0.339. The van der Waals surface area contributed by atoms with Crippen molar-refractivity contribution in [3.05, 3.63) is 59.1 Å². The third kappa shape index (κ3) is 5.95. The summed E-state index contributed by atoms with van der Waals surface area (Å²) in [4.78, 5) is 23.9. The van der Waals surface area contributed by atoms with E-state index in [0.29, 0.717) is 12.2 Å². The highest BCUT2D eigenvalue weighted by Crippen LogP contribution is 2.26. The van der Waals surface area contributed by atoms with Crippen molar-refractivity contribution in [2.24, 2.45) is 0 Å². The minimum Gasteiger partial charge on any atom is -0.452 e. The Morgan fingerprint density at radius 1 is 1.14 bits per heavy atom. The molecular formula is C20H23ClN2O5S. The predicted molar refractivity (Wildman–Crippen MR) is 112 cm³/mol. The van der Waals surface area contributed by atoms with Crippen LogP contribution in [0, 0.1) is 0 Å². The molecule has 0 unspecified atom stereocenters. The van der Waals surface area contributed by atoms with Crippen molar-refractivity contribution in [2.45, 2.75) is 24.7 Å². The number of sulfonamides is 1. The Labute approximate surface area is 175 Å². The molecule has 0 saturated heterocycles. The average molecular weight is 439 g/mol. The zero-order chi connectivity index (χ0) is 21.4. The van der Waals surface area contributed by atoms with Crippen molar-refractivity contribution >= 4 is 39.2 Å². The molecule has 0 radical (unpaired) electrons. The Morgan fingerprint density at radius 2 is 1.83 bits per heavy atom. The number of amides is 1. The number of carbonyl (C=O) groups excluding carboxylic acids is 2. The van der Waals surface area contributed by atoms with Crippen LogP contribution in [0.4, 0.5) is 5.69 Å². The van der Waals surface area contributed by atoms with E-state index in [2.05, 4.69) is 5.32 Å². The van der Waals surface area contributed by atoms with Crippen molar-refractivity contribution < 1.29 is 22.7 Å². The number of hydrogen-bond donors (Lipinski definition) is 1. The number of rotatable bonds is 9. The van der Waals surface area contributed by atoms with Crippen molar-refractivity contribution in [1.29, 1.82) is 0 Å². The summed E-state index contributed by atoms with van der Waals surface area (Å²) in [7, 11) is -2.51. The van der Waals surface area contributed by atoms with Gasteiger partial charge in [0.15, 0.2) is 6.61 Å². The number of benzene rings is 2. The van der Waals surface area contributed by atoms with Gasteiger partial charge in [0, 0.05) is 13.6 Å². The molecule has 9 heteroatoms. The van der Waals surface area contributed by atoms with E-state index in [4.69, 9.17) is 16.3 Å². The van der Waals surface area contributed by atoms with E-state index >= 15 is 0 Å². The first kappa shape index (κ1) is 22.7. The van der Waals surface area contributed by atoms with E-state index in [9.17, 15) is 18.0 Å². The molecule has 0 aliphatic carbocycles. The number of para-hydroxylation sites is 1. The lowest BCUT2D eigenvalue weighted by molar-refractivity contribution is -0.124. The third-order valence-electron chi connectivity index (χ3n) is 4.12. The van der Waals surface area contributed by atoms with Crippen LogP contribution in [0.3, 0.4) is 0 Å². The second-order valence-corrected chi connectivity index (χ2v) is 8.61. The molecule has 0 saturated carbocycles. The highest BCUT2D eigenvalue weighted by molar-refractivity contribution is 7.92. The van der Waals surface area contributed by atoms with Crippen molar-refractivity contribution in [2.75, 3.05) is 24.5 Å². The molecule has 0 fully saturated rings. The molecule has 7 nitrogen and oxygen atoms in total. The summed E-state index contributed by atoms with van der Waals surface area (Å²) < 4.78 is 31.9. The Bertz CT molecular complexity index is 964. The van der Waals surface area contributed by atoms with Gasteiger partial charge >= 0.3 is 5.97 Å². The van der Waals surface area contributed by atoms with Crippen LogP contribution in [0.15, 0.2) is 53.4 Å². The molecule has 2 aromatic carbocycles. The number of esters is 1. The molecule has 1 N–H and O–H groups in total. The van der Waals surface area contributed by atoms with Gasteiger partial charge in [0.1, 0.15) is 0 Å². The second kappa shape index (κ2) is 10.3. The Hall–Kier alpha value is -2.58. The maximum absolute atomic E-state index is 12.9. The van der Waals surface area contributed by atoms with Gasteiger partial charge in [0.2, 0.25) is 0 Å². The summed E-state index contributed by atoms with van der Waals surface area (Å²) >= 11 is 6.05. The van der Waals surface area contributed by atoms with Crippen LogP contribution in [0.2, 0.25) is 5.02 Å². The second-order valence-electron chi connectivity index (χ2n) is 6.23. The largest absolute Gasteiger partial charge is 0.452 e. The zero-order valence-corrected chi connectivity index (χ0v) is 17.8. The van der Waals surface area contributed by atoms with Crippen LogP contribution in [-0.4, -0.2) is 40.5 Å². The summed E-state index contributed by atoms with van der Waals surface area (Å²) in [5, 5.41) is 2.65. The third-order valence-corrected chi connectivity index (χ3v) is 6.23. The SMILES string of the molecule is CCCCNC(=O)COC(=O)c1cc(S(=O)(=O)N(C)c2ccccc2)ccc1Cl. The average Bonchev–Trinajstić information content (AvgIpc) is 2.72. The van der Waals surface area contributed by atoms with Crippen LogP contribution in [0.25, 0.3) is 0 Å². The van der Waals surface area contributed by atoms with E-state index in [-0.39, 0.29) is 15.5 Å². The predicted octanol–water partition coefficient (Wildman–Crippen LogP) is 3.24. The lowest BCUT2D eigenvalue weighted by atomic mass is 10.2. The van der Waals surface area contributed by atoms with E-state index in [1.165, 1.54) is 19.2 Å². The smallest absolute Gasteiger partial charge is 0.340 e. The normalized spacial score (nSPS) is 11.0. The molecule has 0 spiro atoms. The molecule has 29 heavy (non-hydrogen) atoms. The van der Waals surface area contributed by atoms with E-state index in [0.717, 1.165) is 23.2 Å². The van der Waals surface area contributed by atoms with E-state index < -0.39 is 28.5 Å². The van der Waals surface area contributed by atoms with Gasteiger partial charge < -0.3 is 10.1 Å². The lowest BCUT2D eigenvalue weighted by Gasteiger charge is -2.20. The van der Waals surface area contributed by atoms with Gasteiger partial charge in [0.25, 0.3) is 15.9 Å². The highest BCUT2D eigenvalue weighted by Gasteiger charge is 2.24. The highest BCUT2D eigenvalue weighted by atomic mass is 35.5. The summed E-state index contributed by atoms with van der Waals surface area (Å²) in [6.45, 7) is 2.01. The zero-order valence-electron chi connectivity index (χ0n) is 16.2. The molecule has 156 valence electrons. The number of halogens is 1. The number of unbranched alkanes of at least 4 members (excludes halogenated alkanes) is 1. The summed E-state index contributed by atoms with van der Waals surface area (Å²) in [6, 6.07) is 12.3. The van der Waals surface area contributed by atoms with Gasteiger partial charge in [-0.15, -0.1) is 0 Å². The maximum atomic E-state index is 12.9.